The van der Waals surface area contributed by atoms with E-state index in [4.69, 9.17) is 28.2 Å². The van der Waals surface area contributed by atoms with Gasteiger partial charge in [0.05, 0.1) is 15.7 Å². The molecule has 3 aromatic rings. The van der Waals surface area contributed by atoms with Gasteiger partial charge in [-0.2, -0.15) is 13.2 Å². The first kappa shape index (κ1) is 24.5. The highest BCUT2D eigenvalue weighted by atomic mass is 79.9. The van der Waals surface area contributed by atoms with Crippen molar-refractivity contribution in [3.05, 3.63) is 81.0 Å². The third-order valence-electron chi connectivity index (χ3n) is 4.52. The lowest BCUT2D eigenvalue weighted by Crippen LogP contribution is -2.54. The van der Waals surface area contributed by atoms with Gasteiger partial charge in [-0.25, -0.2) is 0 Å². The summed E-state index contributed by atoms with van der Waals surface area (Å²) >= 11 is 15.6. The third-order valence-corrected chi connectivity index (χ3v) is 6.90. The maximum Gasteiger partial charge on any atom is 0.416 e. The van der Waals surface area contributed by atoms with Crippen LogP contribution in [0.1, 0.15) is 11.3 Å². The van der Waals surface area contributed by atoms with Crippen molar-refractivity contribution in [2.45, 2.75) is 16.2 Å². The molecule has 2 aromatic carbocycles. The van der Waals surface area contributed by atoms with Gasteiger partial charge < -0.3 is 4.42 Å². The van der Waals surface area contributed by atoms with E-state index in [2.05, 4.69) is 21.2 Å². The Hall–Kier alpha value is -2.60. The van der Waals surface area contributed by atoms with E-state index < -0.39 is 23.6 Å². The normalized spacial score (nSPS) is 15.7. The number of thiocarbonyl (C=S) groups is 1. The number of rotatable bonds is 4. The summed E-state index contributed by atoms with van der Waals surface area (Å²) in [4.78, 5) is 27.2. The summed E-state index contributed by atoms with van der Waals surface area (Å²) in [6, 6.07) is 12.7. The van der Waals surface area contributed by atoms with Gasteiger partial charge in [-0.15, -0.1) is 0 Å². The van der Waals surface area contributed by atoms with Crippen LogP contribution in [0.5, 0.6) is 0 Å². The zero-order valence-electron chi connectivity index (χ0n) is 16.7. The smallest absolute Gasteiger partial charge is 0.416 e. The van der Waals surface area contributed by atoms with Crippen molar-refractivity contribution in [1.29, 1.82) is 0 Å². The number of anilines is 1. The van der Waals surface area contributed by atoms with Crippen LogP contribution in [0.25, 0.3) is 6.08 Å². The number of amides is 2. The molecule has 4 rings (SSSR count). The minimum absolute atomic E-state index is 0.129. The van der Waals surface area contributed by atoms with Gasteiger partial charge in [0.2, 0.25) is 0 Å². The van der Waals surface area contributed by atoms with E-state index >= 15 is 0 Å². The van der Waals surface area contributed by atoms with E-state index in [-0.39, 0.29) is 22.1 Å². The van der Waals surface area contributed by atoms with Gasteiger partial charge in [-0.1, -0.05) is 29.4 Å². The summed E-state index contributed by atoms with van der Waals surface area (Å²) < 4.78 is 45.7. The van der Waals surface area contributed by atoms with Crippen LogP contribution in [0.2, 0.25) is 5.02 Å². The van der Waals surface area contributed by atoms with Crippen LogP contribution in [0, 0.1) is 0 Å². The van der Waals surface area contributed by atoms with Crippen molar-refractivity contribution < 1.29 is 27.2 Å². The Kier molecular flexibility index (Phi) is 6.90. The number of nitrogens with one attached hydrogen (secondary N) is 1. The lowest BCUT2D eigenvalue weighted by atomic mass is 10.1. The Labute approximate surface area is 214 Å². The number of hydrogen-bond acceptors (Lipinski definition) is 5. The van der Waals surface area contributed by atoms with Crippen molar-refractivity contribution in [1.82, 2.24) is 5.32 Å². The molecule has 0 aliphatic carbocycles. The molecule has 1 aliphatic heterocycles. The minimum Gasteiger partial charge on any atom is -0.449 e. The average Bonchev–Trinajstić information content (AvgIpc) is 3.11. The molecular weight excluding hydrogens is 577 g/mol. The largest absolute Gasteiger partial charge is 0.449 e. The molecule has 5 nitrogen and oxygen atoms in total. The SMILES string of the molecule is O=C1NC(=S)N(c2cccc(C(F)(F)F)c2)C(=O)/C1=C/c1cc(Br)c(Sc2ccc(Cl)cc2)o1. The highest BCUT2D eigenvalue weighted by Gasteiger charge is 2.37. The molecule has 0 atom stereocenters. The summed E-state index contributed by atoms with van der Waals surface area (Å²) in [5, 5.41) is 3.05. The van der Waals surface area contributed by atoms with Crippen LogP contribution < -0.4 is 10.2 Å². The van der Waals surface area contributed by atoms with Gasteiger partial charge >= 0.3 is 6.18 Å². The highest BCUT2D eigenvalue weighted by Crippen LogP contribution is 2.37. The predicted molar refractivity (Wildman–Crippen MR) is 130 cm³/mol. The van der Waals surface area contributed by atoms with Crippen molar-refractivity contribution in [3.8, 4) is 0 Å². The molecule has 174 valence electrons. The first-order chi connectivity index (χ1) is 16.0. The van der Waals surface area contributed by atoms with Gasteiger partial charge in [0.1, 0.15) is 11.3 Å². The van der Waals surface area contributed by atoms with Gasteiger partial charge in [-0.3, -0.25) is 19.8 Å². The molecule has 1 N–H and O–H groups in total. The van der Waals surface area contributed by atoms with Crippen LogP contribution in [0.15, 0.2) is 79.0 Å². The van der Waals surface area contributed by atoms with Crippen LogP contribution in [-0.4, -0.2) is 16.9 Å². The quantitative estimate of drug-likeness (QED) is 0.209. The fourth-order valence-corrected chi connectivity index (χ4v) is 4.71. The molecule has 1 aliphatic rings. The van der Waals surface area contributed by atoms with Crippen molar-refractivity contribution >= 4 is 80.2 Å². The van der Waals surface area contributed by atoms with E-state index in [1.807, 2.05) is 0 Å². The molecule has 34 heavy (non-hydrogen) atoms. The van der Waals surface area contributed by atoms with Gasteiger partial charge in [-0.05, 0) is 82.8 Å². The van der Waals surface area contributed by atoms with Gasteiger partial charge in [0, 0.05) is 9.92 Å². The lowest BCUT2D eigenvalue weighted by molar-refractivity contribution is -0.137. The molecule has 0 bridgehead atoms. The van der Waals surface area contributed by atoms with E-state index in [0.717, 1.165) is 28.0 Å². The third kappa shape index (κ3) is 5.22. The topological polar surface area (TPSA) is 62.6 Å². The number of hydrogen-bond donors (Lipinski definition) is 1. The van der Waals surface area contributed by atoms with Gasteiger partial charge in [0.25, 0.3) is 11.8 Å². The fourth-order valence-electron chi connectivity index (χ4n) is 2.98. The Morgan fingerprint density at radius 1 is 1.12 bits per heavy atom. The van der Waals surface area contributed by atoms with Crippen LogP contribution in [0.3, 0.4) is 0 Å². The molecule has 1 fully saturated rings. The van der Waals surface area contributed by atoms with Crippen molar-refractivity contribution in [3.63, 3.8) is 0 Å². The summed E-state index contributed by atoms with van der Waals surface area (Å²) in [6.45, 7) is 0. The summed E-state index contributed by atoms with van der Waals surface area (Å²) in [5.74, 6) is -1.50. The van der Waals surface area contributed by atoms with E-state index in [1.54, 1.807) is 30.3 Å². The van der Waals surface area contributed by atoms with Crippen molar-refractivity contribution in [2.24, 2.45) is 0 Å². The lowest BCUT2D eigenvalue weighted by Gasteiger charge is -2.29. The standard InChI is InChI=1S/C22H11BrClF3N2O3S2/c23-17-10-14(32-20(17)34-15-6-4-12(24)5-7-15)9-16-18(30)28-21(33)29(19(16)31)13-3-1-2-11(8-13)22(25,26)27/h1-10H,(H,28,30,33)/b16-9+. The number of carbonyl (C=O) groups excluding carboxylic acids is 2. The zero-order valence-corrected chi connectivity index (χ0v) is 20.6. The second-order valence-electron chi connectivity index (χ2n) is 6.85. The summed E-state index contributed by atoms with van der Waals surface area (Å²) in [7, 11) is 0. The second-order valence-corrected chi connectivity index (χ2v) is 9.57. The minimum atomic E-state index is -4.61. The molecule has 2 amide bonds. The molecular formula is C22H11BrClF3N2O3S2. The predicted octanol–water partition coefficient (Wildman–Crippen LogP) is 6.70. The van der Waals surface area contributed by atoms with Crippen LogP contribution >= 0.6 is 51.5 Å². The average molecular weight is 588 g/mol. The van der Waals surface area contributed by atoms with E-state index in [1.165, 1.54) is 23.9 Å². The highest BCUT2D eigenvalue weighted by molar-refractivity contribution is 9.10. The van der Waals surface area contributed by atoms with Crippen molar-refractivity contribution in [2.75, 3.05) is 4.90 Å². The summed E-state index contributed by atoms with van der Waals surface area (Å²) in [5.41, 5.74) is -1.44. The Morgan fingerprint density at radius 3 is 2.50 bits per heavy atom. The van der Waals surface area contributed by atoms with E-state index in [0.29, 0.717) is 14.6 Å². The maximum atomic E-state index is 13.1. The van der Waals surface area contributed by atoms with Gasteiger partial charge in [0.15, 0.2) is 10.2 Å². The van der Waals surface area contributed by atoms with E-state index in [9.17, 15) is 22.8 Å². The first-order valence-electron chi connectivity index (χ1n) is 9.34. The Morgan fingerprint density at radius 2 is 1.82 bits per heavy atom. The molecule has 1 aromatic heterocycles. The number of nitrogens with zero attached hydrogens (tertiary/aromatic N) is 1. The first-order valence-corrected chi connectivity index (χ1v) is 11.7. The maximum absolute atomic E-state index is 13.1. The zero-order chi connectivity index (χ0) is 24.6. The summed E-state index contributed by atoms with van der Waals surface area (Å²) in [6.07, 6.45) is -3.41. The van der Waals surface area contributed by atoms with Crippen LogP contribution in [-0.2, 0) is 15.8 Å². The molecule has 0 saturated carbocycles. The Bertz CT molecular complexity index is 1340. The molecule has 0 unspecified atom stereocenters. The Balaban J connectivity index is 1.65. The molecule has 0 radical (unpaired) electrons. The number of carbonyl (C=O) groups is 2. The molecule has 0 spiro atoms. The number of alkyl halides is 3. The fraction of sp³-hybridized carbons (Fsp3) is 0.0455. The number of benzene rings is 2. The molecule has 2 heterocycles. The molecule has 1 saturated heterocycles. The van der Waals surface area contributed by atoms with Crippen LogP contribution in [0.4, 0.5) is 18.9 Å². The molecule has 12 heteroatoms. The monoisotopic (exact) mass is 586 g/mol. The second kappa shape index (κ2) is 9.57. The number of halogens is 5. The number of furan rings is 1.